The molecule has 2 unspecified atom stereocenters. The molecule has 2 aliphatic carbocycles. The van der Waals surface area contributed by atoms with Gasteiger partial charge in [-0.3, -0.25) is 0 Å². The summed E-state index contributed by atoms with van der Waals surface area (Å²) in [5.41, 5.74) is -2.13. The first-order valence-corrected chi connectivity index (χ1v) is 18.3. The second-order valence-corrected chi connectivity index (χ2v) is 19.0. The van der Waals surface area contributed by atoms with E-state index in [4.69, 9.17) is 23.2 Å². The molecule has 2 fully saturated rings. The molecule has 2 saturated heterocycles. The minimum atomic E-state index is -5.09. The Kier molecular flexibility index (Phi) is 7.60. The van der Waals surface area contributed by atoms with Crippen molar-refractivity contribution in [2.45, 2.75) is 22.3 Å². The number of nitrogens with zero attached hydrogens (tertiary/aromatic N) is 2. The van der Waals surface area contributed by atoms with Gasteiger partial charge in [-0.1, -0.05) is 0 Å². The van der Waals surface area contributed by atoms with Gasteiger partial charge in [0.2, 0.25) is 0 Å². The molecule has 0 radical (unpaired) electrons. The maximum absolute atomic E-state index is 17.0. The predicted molar refractivity (Wildman–Crippen MR) is 158 cm³/mol. The molecule has 11 heteroatoms. The van der Waals surface area contributed by atoms with Gasteiger partial charge in [0.25, 0.3) is 0 Å². The molecule has 2 atom stereocenters. The van der Waals surface area contributed by atoms with Gasteiger partial charge in [-0.15, -0.1) is 0 Å². The number of carbonyl (C=O) groups excluding carboxylic acids is 2. The summed E-state index contributed by atoms with van der Waals surface area (Å²) in [5.74, 6) is -4.73. The molecule has 224 valence electrons. The summed E-state index contributed by atoms with van der Waals surface area (Å²) in [6.45, 7) is 3.54. The zero-order valence-corrected chi connectivity index (χ0v) is 26.5. The molecule has 0 saturated carbocycles. The third kappa shape index (κ3) is 4.27. The van der Waals surface area contributed by atoms with E-state index in [1.54, 1.807) is 62.5 Å². The Morgan fingerprint density at radius 3 is 1.35 bits per heavy atom. The van der Waals surface area contributed by atoms with Crippen LogP contribution in [0.3, 0.4) is 0 Å². The molecule has 6 rings (SSSR count). The Balaban J connectivity index is 1.63. The summed E-state index contributed by atoms with van der Waals surface area (Å²) in [6, 6.07) is 4.49. The summed E-state index contributed by atoms with van der Waals surface area (Å²) in [5, 5.41) is 0. The van der Waals surface area contributed by atoms with Gasteiger partial charge in [0.1, 0.15) is 0 Å². The van der Waals surface area contributed by atoms with Crippen molar-refractivity contribution in [3.05, 3.63) is 96.1 Å². The van der Waals surface area contributed by atoms with E-state index in [0.29, 0.717) is 0 Å². The van der Waals surface area contributed by atoms with Crippen LogP contribution in [0.25, 0.3) is 0 Å². The van der Waals surface area contributed by atoms with E-state index >= 15 is 17.6 Å². The van der Waals surface area contributed by atoms with Gasteiger partial charge in [0, 0.05) is 0 Å². The zero-order chi connectivity index (χ0) is 30.9. The fraction of sp³-hybridized carbons (Fsp3) is 0.312. The van der Waals surface area contributed by atoms with E-state index in [-0.39, 0.29) is 36.2 Å². The number of allylic oxidation sites excluding steroid dienone is 8. The number of hydrogen-bond acceptors (Lipinski definition) is 2. The van der Waals surface area contributed by atoms with Crippen molar-refractivity contribution in [2.75, 3.05) is 34.6 Å². The van der Waals surface area contributed by atoms with Gasteiger partial charge in [0.15, 0.2) is 0 Å². The second-order valence-electron chi connectivity index (χ2n) is 12.1. The molecule has 43 heavy (non-hydrogen) atoms. The fourth-order valence-electron chi connectivity index (χ4n) is 6.78. The molecule has 0 aromatic heterocycles. The van der Waals surface area contributed by atoms with Crippen molar-refractivity contribution >= 4 is 54.1 Å². The van der Waals surface area contributed by atoms with Crippen LogP contribution >= 0.6 is 23.2 Å². The Morgan fingerprint density at radius 1 is 0.698 bits per heavy atom. The van der Waals surface area contributed by atoms with E-state index in [1.807, 2.05) is 0 Å². The first-order chi connectivity index (χ1) is 20.4. The van der Waals surface area contributed by atoms with E-state index in [9.17, 15) is 9.59 Å². The van der Waals surface area contributed by atoms with E-state index in [1.165, 1.54) is 21.9 Å². The predicted octanol–water partition coefficient (Wildman–Crippen LogP) is 6.36. The number of β-lactam (4-membered cyclic amide) rings is 2. The van der Waals surface area contributed by atoms with Crippen LogP contribution in [0.15, 0.2) is 72.9 Å². The summed E-state index contributed by atoms with van der Waals surface area (Å²) >= 11 is 6.91. The fourth-order valence-corrected chi connectivity index (χ4v) is 16.0. The topological polar surface area (TPSA) is 40.6 Å². The number of anilines is 2. The molecule has 0 N–H and O–H groups in total. The van der Waals surface area contributed by atoms with Gasteiger partial charge >= 0.3 is 262 Å². The summed E-state index contributed by atoms with van der Waals surface area (Å²) in [4.78, 5) is 28.5. The normalized spacial score (nSPS) is 25.3. The number of alkyl halides is 2. The Hall–Kier alpha value is -2.65. The van der Waals surface area contributed by atoms with Crippen molar-refractivity contribution < 1.29 is 43.7 Å². The quantitative estimate of drug-likeness (QED) is 0.142. The van der Waals surface area contributed by atoms with Crippen LogP contribution in [-0.4, -0.2) is 36.7 Å². The summed E-state index contributed by atoms with van der Waals surface area (Å²) < 4.78 is 64.3. The molecule has 2 amide bonds. The monoisotopic (exact) mass is 666 g/mol. The van der Waals surface area contributed by atoms with E-state index in [2.05, 4.69) is 0 Å². The van der Waals surface area contributed by atoms with Crippen molar-refractivity contribution in [3.8, 4) is 0 Å². The number of benzene rings is 2. The molecule has 4 nitrogen and oxygen atoms in total. The molecule has 2 heterocycles. The molecule has 2 aromatic rings. The van der Waals surface area contributed by atoms with Gasteiger partial charge in [0.05, 0.1) is 0 Å². The van der Waals surface area contributed by atoms with Crippen LogP contribution in [-0.2, 0) is 26.2 Å². The van der Waals surface area contributed by atoms with Crippen LogP contribution in [0, 0.1) is 34.1 Å². The van der Waals surface area contributed by atoms with Crippen LogP contribution in [0.2, 0.25) is 8.45 Å². The maximum atomic E-state index is 17.0. The third-order valence-electron chi connectivity index (χ3n) is 9.22. The van der Waals surface area contributed by atoms with Crippen molar-refractivity contribution in [1.29, 1.82) is 0 Å². The number of hydrogen-bond donors (Lipinski definition) is 0. The van der Waals surface area contributed by atoms with Crippen LogP contribution in [0.1, 0.15) is 13.8 Å². The molecule has 2 aromatic carbocycles. The molecule has 0 bridgehead atoms. The SMILES string of the molecule is CC1(CCl)CN(c2ccc(F)[c]([Ti]([c]3c(F)ccc(N4CC(C)(CCl)C4=O)c3F)([CH]3C=CC=C3)[CH]3C=CC=C3)c2F)C1=O. The Morgan fingerprint density at radius 2 is 1.05 bits per heavy atom. The van der Waals surface area contributed by atoms with Gasteiger partial charge in [-0.25, -0.2) is 0 Å². The van der Waals surface area contributed by atoms with Crippen LogP contribution in [0.4, 0.5) is 28.9 Å². The first-order valence-electron chi connectivity index (χ1n) is 13.9. The zero-order valence-electron chi connectivity index (χ0n) is 23.4. The molecule has 0 spiro atoms. The van der Waals surface area contributed by atoms with Gasteiger partial charge in [-0.05, 0) is 0 Å². The van der Waals surface area contributed by atoms with E-state index < -0.39 is 78.7 Å². The molecule has 2 aliphatic heterocycles. The molecular weight excluding hydrogens is 639 g/mol. The standard InChI is InChI=1S/2C11H9ClF2NO.2C5H5.Ti/c2*1-11(5-12)6-15(10(11)16)9-3-2-7(13)4-8(9)14;2*1-2-4-5-3-1;/h2*2-3H,5-6H2,1H3;2*1-5H;. The number of carbonyl (C=O) groups is 2. The number of halogens is 6. The average molecular weight is 667 g/mol. The molecule has 4 aliphatic rings. The number of amides is 2. The average Bonchev–Trinajstić information content (AvgIpc) is 3.74. The van der Waals surface area contributed by atoms with E-state index in [0.717, 1.165) is 12.1 Å². The number of rotatable bonds is 8. The van der Waals surface area contributed by atoms with Crippen LogP contribution < -0.4 is 17.5 Å². The second kappa shape index (κ2) is 10.8. The van der Waals surface area contributed by atoms with Crippen molar-refractivity contribution in [1.82, 2.24) is 0 Å². The van der Waals surface area contributed by atoms with Crippen LogP contribution in [0.5, 0.6) is 0 Å². The van der Waals surface area contributed by atoms with Crippen molar-refractivity contribution in [2.24, 2.45) is 10.8 Å². The summed E-state index contributed by atoms with van der Waals surface area (Å²) in [7, 11) is 0. The first kappa shape index (κ1) is 30.4. The third-order valence-corrected chi connectivity index (χ3v) is 18.9. The molecular formula is C32H28Cl2F4N2O2Ti. The Bertz CT molecular complexity index is 1530. The minimum absolute atomic E-state index is 0.0241. The summed E-state index contributed by atoms with van der Waals surface area (Å²) in [6.07, 6.45) is 13.7. The van der Waals surface area contributed by atoms with Gasteiger partial charge < -0.3 is 0 Å². The Labute approximate surface area is 260 Å². The van der Waals surface area contributed by atoms with Crippen molar-refractivity contribution in [3.63, 3.8) is 0 Å². The van der Waals surface area contributed by atoms with Gasteiger partial charge in [-0.2, -0.15) is 0 Å².